The molecule has 0 bridgehead atoms. The lowest BCUT2D eigenvalue weighted by Gasteiger charge is -2.17. The molecule has 0 radical (unpaired) electrons. The van der Waals surface area contributed by atoms with Crippen LogP contribution in [0.5, 0.6) is 0 Å². The minimum absolute atomic E-state index is 0.615. The van der Waals surface area contributed by atoms with Crippen molar-refractivity contribution in [2.24, 2.45) is 0 Å². The predicted molar refractivity (Wildman–Crippen MR) is 139 cm³/mol. The van der Waals surface area contributed by atoms with E-state index in [0.717, 1.165) is 50.3 Å². The molecule has 35 heavy (non-hydrogen) atoms. The van der Waals surface area contributed by atoms with E-state index in [9.17, 15) is 0 Å². The first kappa shape index (κ1) is 20.7. The number of aromatic nitrogens is 6. The highest BCUT2D eigenvalue weighted by Crippen LogP contribution is 2.36. The van der Waals surface area contributed by atoms with Gasteiger partial charge in [0.05, 0.1) is 12.0 Å². The molecule has 0 aliphatic heterocycles. The van der Waals surface area contributed by atoms with Gasteiger partial charge in [-0.05, 0) is 49.7 Å². The Bertz CT molecular complexity index is 1670. The Labute approximate surface area is 201 Å². The summed E-state index contributed by atoms with van der Waals surface area (Å²) in [6, 6.07) is 18.4. The minimum Gasteiger partial charge on any atom is -0.341 e. The largest absolute Gasteiger partial charge is 0.341 e. The number of aromatic amines is 1. The van der Waals surface area contributed by atoms with Crippen molar-refractivity contribution in [1.82, 2.24) is 29.9 Å². The average Bonchev–Trinajstić information content (AvgIpc) is 3.37. The Balaban J connectivity index is 1.44. The minimum atomic E-state index is 0.615. The first-order chi connectivity index (χ1) is 17.2. The number of fused-ring (bicyclic) bond motifs is 2. The molecule has 3 N–H and O–H groups in total. The fraction of sp³-hybridized carbons (Fsp3) is 0.0741. The average molecular weight is 459 g/mol. The number of aryl methyl sites for hydroxylation is 2. The standard InChI is InChI=1S/C27H22N8/c1-16-5-8-18(9-6-16)34-25-20-10-7-17(2)22(19(20)11-13-29-25)35-26-21(4-3-12-28-26)23-24-27(32-14-30-23)33-15-31-24/h3-15H,1-2H3,(H,28,35)(H,29,34)(H,30,31,32,33). The van der Waals surface area contributed by atoms with Gasteiger partial charge in [-0.15, -0.1) is 0 Å². The Morgan fingerprint density at radius 2 is 1.57 bits per heavy atom. The fourth-order valence-corrected chi connectivity index (χ4v) is 4.19. The molecule has 170 valence electrons. The summed E-state index contributed by atoms with van der Waals surface area (Å²) in [6.07, 6.45) is 6.73. The number of rotatable bonds is 5. The van der Waals surface area contributed by atoms with Crippen molar-refractivity contribution >= 4 is 44.9 Å². The van der Waals surface area contributed by atoms with Crippen LogP contribution < -0.4 is 10.6 Å². The van der Waals surface area contributed by atoms with Crippen molar-refractivity contribution in [2.45, 2.75) is 13.8 Å². The lowest BCUT2D eigenvalue weighted by Crippen LogP contribution is -2.02. The molecule has 0 saturated carbocycles. The third-order valence-electron chi connectivity index (χ3n) is 6.00. The van der Waals surface area contributed by atoms with Gasteiger partial charge in [-0.3, -0.25) is 0 Å². The number of nitrogens with zero attached hydrogens (tertiary/aromatic N) is 5. The third kappa shape index (κ3) is 3.80. The van der Waals surface area contributed by atoms with Gasteiger partial charge in [0.15, 0.2) is 5.65 Å². The smallest absolute Gasteiger partial charge is 0.181 e. The van der Waals surface area contributed by atoms with E-state index in [1.165, 1.54) is 11.9 Å². The fourth-order valence-electron chi connectivity index (χ4n) is 4.19. The molecule has 8 heteroatoms. The normalized spacial score (nSPS) is 11.1. The van der Waals surface area contributed by atoms with Crippen molar-refractivity contribution < 1.29 is 0 Å². The quantitative estimate of drug-likeness (QED) is 0.288. The molecule has 0 aliphatic rings. The molecule has 0 amide bonds. The van der Waals surface area contributed by atoms with Crippen LogP contribution in [-0.2, 0) is 0 Å². The maximum absolute atomic E-state index is 4.65. The lowest BCUT2D eigenvalue weighted by atomic mass is 10.0. The lowest BCUT2D eigenvalue weighted by molar-refractivity contribution is 1.19. The van der Waals surface area contributed by atoms with Gasteiger partial charge in [0, 0.05) is 34.4 Å². The molecule has 0 saturated heterocycles. The second-order valence-electron chi connectivity index (χ2n) is 8.35. The maximum Gasteiger partial charge on any atom is 0.181 e. The highest BCUT2D eigenvalue weighted by molar-refractivity contribution is 6.03. The van der Waals surface area contributed by atoms with E-state index < -0.39 is 0 Å². The molecule has 0 spiro atoms. The molecule has 4 heterocycles. The summed E-state index contributed by atoms with van der Waals surface area (Å²) in [6.45, 7) is 4.15. The van der Waals surface area contributed by atoms with Crippen LogP contribution in [0.3, 0.4) is 0 Å². The Morgan fingerprint density at radius 1 is 0.714 bits per heavy atom. The number of pyridine rings is 2. The zero-order valence-electron chi connectivity index (χ0n) is 19.2. The van der Waals surface area contributed by atoms with E-state index in [-0.39, 0.29) is 0 Å². The van der Waals surface area contributed by atoms with Crippen molar-refractivity contribution in [2.75, 3.05) is 10.6 Å². The van der Waals surface area contributed by atoms with Crippen molar-refractivity contribution in [3.8, 4) is 11.3 Å². The molecule has 2 aromatic carbocycles. The molecular formula is C27H22N8. The second kappa shape index (κ2) is 8.49. The molecule has 0 unspecified atom stereocenters. The van der Waals surface area contributed by atoms with Gasteiger partial charge in [0.1, 0.15) is 29.2 Å². The summed E-state index contributed by atoms with van der Waals surface area (Å²) < 4.78 is 0. The van der Waals surface area contributed by atoms with Crippen molar-refractivity contribution in [1.29, 1.82) is 0 Å². The molecule has 4 aromatic heterocycles. The van der Waals surface area contributed by atoms with E-state index in [1.807, 2.05) is 24.4 Å². The van der Waals surface area contributed by atoms with E-state index in [4.69, 9.17) is 0 Å². The van der Waals surface area contributed by atoms with Crippen LogP contribution in [0, 0.1) is 13.8 Å². The van der Waals surface area contributed by atoms with Gasteiger partial charge < -0.3 is 15.6 Å². The van der Waals surface area contributed by atoms with Gasteiger partial charge in [0.25, 0.3) is 0 Å². The first-order valence-electron chi connectivity index (χ1n) is 11.3. The summed E-state index contributed by atoms with van der Waals surface area (Å²) in [5, 5.41) is 9.09. The third-order valence-corrected chi connectivity index (χ3v) is 6.00. The summed E-state index contributed by atoms with van der Waals surface area (Å²) in [5.41, 5.74) is 7.24. The van der Waals surface area contributed by atoms with E-state index in [2.05, 4.69) is 90.8 Å². The summed E-state index contributed by atoms with van der Waals surface area (Å²) >= 11 is 0. The number of hydrogen-bond acceptors (Lipinski definition) is 7. The Morgan fingerprint density at radius 3 is 2.46 bits per heavy atom. The van der Waals surface area contributed by atoms with Crippen LogP contribution >= 0.6 is 0 Å². The number of H-pyrrole nitrogens is 1. The van der Waals surface area contributed by atoms with Gasteiger partial charge in [-0.2, -0.15) is 0 Å². The van der Waals surface area contributed by atoms with Crippen molar-refractivity contribution in [3.63, 3.8) is 0 Å². The SMILES string of the molecule is Cc1ccc(Nc2nccc3c(Nc4ncccc4-c4ncnc5nc[nH]c45)c(C)ccc23)cc1. The Kier molecular flexibility index (Phi) is 5.03. The number of hydrogen-bond donors (Lipinski definition) is 3. The maximum atomic E-state index is 4.65. The Hall–Kier alpha value is -4.85. The topological polar surface area (TPSA) is 104 Å². The summed E-state index contributed by atoms with van der Waals surface area (Å²) in [7, 11) is 0. The molecule has 8 nitrogen and oxygen atoms in total. The monoisotopic (exact) mass is 458 g/mol. The molecular weight excluding hydrogens is 436 g/mol. The number of anilines is 4. The van der Waals surface area contributed by atoms with Gasteiger partial charge in [-0.1, -0.05) is 29.8 Å². The highest BCUT2D eigenvalue weighted by Gasteiger charge is 2.16. The van der Waals surface area contributed by atoms with E-state index in [1.54, 1.807) is 12.5 Å². The molecule has 6 rings (SSSR count). The number of benzene rings is 2. The van der Waals surface area contributed by atoms with Gasteiger partial charge in [0.2, 0.25) is 0 Å². The van der Waals surface area contributed by atoms with Crippen LogP contribution in [0.1, 0.15) is 11.1 Å². The predicted octanol–water partition coefficient (Wildman–Crippen LogP) is 6.07. The molecule has 0 aliphatic carbocycles. The van der Waals surface area contributed by atoms with Crippen LogP contribution in [0.2, 0.25) is 0 Å². The van der Waals surface area contributed by atoms with Gasteiger partial charge in [-0.25, -0.2) is 24.9 Å². The zero-order valence-corrected chi connectivity index (χ0v) is 19.2. The van der Waals surface area contributed by atoms with E-state index in [0.29, 0.717) is 11.5 Å². The van der Waals surface area contributed by atoms with E-state index >= 15 is 0 Å². The van der Waals surface area contributed by atoms with Crippen LogP contribution in [0.25, 0.3) is 33.2 Å². The molecule has 0 atom stereocenters. The van der Waals surface area contributed by atoms with Crippen LogP contribution in [0.4, 0.5) is 23.0 Å². The molecule has 0 fully saturated rings. The number of imidazole rings is 1. The summed E-state index contributed by atoms with van der Waals surface area (Å²) in [4.78, 5) is 25.4. The van der Waals surface area contributed by atoms with Gasteiger partial charge >= 0.3 is 0 Å². The second-order valence-corrected chi connectivity index (χ2v) is 8.35. The number of nitrogens with one attached hydrogen (secondary N) is 3. The first-order valence-corrected chi connectivity index (χ1v) is 11.3. The summed E-state index contributed by atoms with van der Waals surface area (Å²) in [5.74, 6) is 1.49. The highest BCUT2D eigenvalue weighted by atomic mass is 15.0. The zero-order chi connectivity index (χ0) is 23.8. The van der Waals surface area contributed by atoms with Crippen LogP contribution in [0.15, 0.2) is 79.6 Å². The van der Waals surface area contributed by atoms with Crippen molar-refractivity contribution in [3.05, 3.63) is 90.8 Å². The molecule has 6 aromatic rings. The van der Waals surface area contributed by atoms with Crippen LogP contribution in [-0.4, -0.2) is 29.9 Å².